The molecule has 0 radical (unpaired) electrons. The van der Waals surface area contributed by atoms with Crippen LogP contribution in [0.1, 0.15) is 24.1 Å². The quantitative estimate of drug-likeness (QED) is 0.458. The summed E-state index contributed by atoms with van der Waals surface area (Å²) < 4.78 is 7.47. The topological polar surface area (TPSA) is 84.1 Å². The predicted octanol–water partition coefficient (Wildman–Crippen LogP) is 3.29. The normalized spacial score (nSPS) is 13.0. The summed E-state index contributed by atoms with van der Waals surface area (Å²) in [7, 11) is 1.56. The van der Waals surface area contributed by atoms with Gasteiger partial charge in [0.15, 0.2) is 5.57 Å². The molecule has 1 heterocycles. The third kappa shape index (κ3) is 5.08. The molecular formula is C28H23N3O3S. The van der Waals surface area contributed by atoms with E-state index in [1.807, 2.05) is 67.6 Å². The van der Waals surface area contributed by atoms with Gasteiger partial charge >= 0.3 is 0 Å². The van der Waals surface area contributed by atoms with E-state index >= 15 is 0 Å². The molecule has 1 atom stereocenters. The number of benzene rings is 3. The minimum absolute atomic E-state index is 0.126. The number of hydrogen-bond acceptors (Lipinski definition) is 5. The van der Waals surface area contributed by atoms with Crippen molar-refractivity contribution >= 4 is 28.9 Å². The van der Waals surface area contributed by atoms with Gasteiger partial charge in [0.1, 0.15) is 16.5 Å². The van der Waals surface area contributed by atoms with Gasteiger partial charge in [-0.25, -0.2) is 0 Å². The fraction of sp³-hybridized carbons (Fsp3) is 0.107. The second-order valence-electron chi connectivity index (χ2n) is 7.73. The molecule has 3 aromatic carbocycles. The molecule has 35 heavy (non-hydrogen) atoms. The van der Waals surface area contributed by atoms with Crippen molar-refractivity contribution in [3.8, 4) is 17.5 Å². The van der Waals surface area contributed by atoms with Crippen LogP contribution < -0.4 is 24.8 Å². The molecule has 1 unspecified atom stereocenters. The van der Waals surface area contributed by atoms with E-state index in [1.165, 1.54) is 4.57 Å². The van der Waals surface area contributed by atoms with Crippen molar-refractivity contribution in [2.24, 2.45) is 0 Å². The molecule has 0 saturated carbocycles. The van der Waals surface area contributed by atoms with Gasteiger partial charge in [-0.15, -0.1) is 11.3 Å². The lowest BCUT2D eigenvalue weighted by atomic mass is 10.1. The lowest BCUT2D eigenvalue weighted by molar-refractivity contribution is -0.116. The molecule has 1 amide bonds. The van der Waals surface area contributed by atoms with Crippen molar-refractivity contribution in [1.82, 2.24) is 9.88 Å². The molecule has 174 valence electrons. The van der Waals surface area contributed by atoms with Crippen LogP contribution in [0.3, 0.4) is 0 Å². The van der Waals surface area contributed by atoms with Crippen LogP contribution in [0.2, 0.25) is 0 Å². The molecule has 0 aliphatic carbocycles. The van der Waals surface area contributed by atoms with Gasteiger partial charge in [-0.1, -0.05) is 66.7 Å². The Bertz CT molecular complexity index is 1570. The van der Waals surface area contributed by atoms with Crippen LogP contribution in [0.25, 0.3) is 17.3 Å². The van der Waals surface area contributed by atoms with Gasteiger partial charge in [0.25, 0.3) is 11.5 Å². The summed E-state index contributed by atoms with van der Waals surface area (Å²) in [6.45, 7) is 1.85. The summed E-state index contributed by atoms with van der Waals surface area (Å²) in [5, 5.41) is 12.9. The highest BCUT2D eigenvalue weighted by atomic mass is 32.1. The summed E-state index contributed by atoms with van der Waals surface area (Å²) in [6, 6.07) is 27.5. The van der Waals surface area contributed by atoms with Gasteiger partial charge in [-0.05, 0) is 36.8 Å². The van der Waals surface area contributed by atoms with E-state index in [4.69, 9.17) is 4.74 Å². The number of hydrogen-bond donors (Lipinski definition) is 1. The van der Waals surface area contributed by atoms with E-state index in [2.05, 4.69) is 5.32 Å². The molecule has 0 aliphatic heterocycles. The van der Waals surface area contributed by atoms with Crippen molar-refractivity contribution in [2.75, 3.05) is 7.11 Å². The average molecular weight is 482 g/mol. The molecule has 0 bridgehead atoms. The second kappa shape index (κ2) is 10.7. The van der Waals surface area contributed by atoms with Crippen LogP contribution in [0, 0.1) is 11.3 Å². The van der Waals surface area contributed by atoms with Crippen LogP contribution >= 0.6 is 11.3 Å². The minimum atomic E-state index is -0.543. The summed E-state index contributed by atoms with van der Waals surface area (Å²) in [5.41, 5.74) is 1.76. The third-order valence-corrected chi connectivity index (χ3v) is 6.56. The Hall–Kier alpha value is -4.41. The first-order valence-corrected chi connectivity index (χ1v) is 11.8. The lowest BCUT2D eigenvalue weighted by Crippen LogP contribution is -2.34. The van der Waals surface area contributed by atoms with Crippen LogP contribution in [0.5, 0.6) is 5.75 Å². The molecule has 4 aromatic rings. The molecular weight excluding hydrogens is 458 g/mol. The number of carbonyl (C=O) groups excluding carboxylic acids is 1. The van der Waals surface area contributed by atoms with Gasteiger partial charge in [-0.3, -0.25) is 14.2 Å². The van der Waals surface area contributed by atoms with Gasteiger partial charge < -0.3 is 10.1 Å². The highest BCUT2D eigenvalue weighted by molar-refractivity contribution is 7.07. The average Bonchev–Trinajstić information content (AvgIpc) is 3.21. The van der Waals surface area contributed by atoms with Crippen molar-refractivity contribution in [3.63, 3.8) is 0 Å². The van der Waals surface area contributed by atoms with Crippen molar-refractivity contribution in [2.45, 2.75) is 13.0 Å². The molecule has 0 aliphatic rings. The van der Waals surface area contributed by atoms with Gasteiger partial charge in [-0.2, -0.15) is 5.26 Å². The Kier molecular flexibility index (Phi) is 7.24. The maximum atomic E-state index is 13.5. The number of nitriles is 1. The first-order chi connectivity index (χ1) is 17.0. The Morgan fingerprint density at radius 1 is 1.03 bits per heavy atom. The highest BCUT2D eigenvalue weighted by Gasteiger charge is 2.19. The number of ether oxygens (including phenoxy) is 1. The fourth-order valence-electron chi connectivity index (χ4n) is 3.68. The molecule has 1 N–H and O–H groups in total. The molecule has 7 heteroatoms. The van der Waals surface area contributed by atoms with Gasteiger partial charge in [0.2, 0.25) is 0 Å². The van der Waals surface area contributed by atoms with E-state index in [0.717, 1.165) is 22.5 Å². The minimum Gasteiger partial charge on any atom is -0.496 e. The van der Waals surface area contributed by atoms with E-state index in [1.54, 1.807) is 43.5 Å². The standard InChI is InChI=1S/C28H23N3O3S/c1-19(20-11-5-3-6-12-20)30-26(32)23(18-29)28-31(22-14-7-4-8-15-22)27(33)25(35-28)17-21-13-9-10-16-24(21)34-2/h3-17,19H,1-2H3,(H,30,32)/b25-17+,28-23-. The summed E-state index contributed by atoms with van der Waals surface area (Å²) in [4.78, 5) is 26.7. The zero-order chi connectivity index (χ0) is 24.8. The van der Waals surface area contributed by atoms with Crippen molar-refractivity contribution in [3.05, 3.63) is 116 Å². The first-order valence-electron chi connectivity index (χ1n) is 11.0. The fourth-order valence-corrected chi connectivity index (χ4v) is 4.77. The number of rotatable bonds is 6. The molecule has 0 spiro atoms. The van der Waals surface area contributed by atoms with E-state index in [-0.39, 0.29) is 21.8 Å². The zero-order valence-electron chi connectivity index (χ0n) is 19.3. The Labute approximate surface area is 206 Å². The molecule has 0 fully saturated rings. The van der Waals surface area contributed by atoms with Crippen LogP contribution in [-0.2, 0) is 4.79 Å². The molecule has 1 aromatic heterocycles. The maximum Gasteiger partial charge on any atom is 0.273 e. The number of nitrogens with zero attached hydrogens (tertiary/aromatic N) is 2. The smallest absolute Gasteiger partial charge is 0.273 e. The van der Waals surface area contributed by atoms with Gasteiger partial charge in [0.05, 0.1) is 23.4 Å². The highest BCUT2D eigenvalue weighted by Crippen LogP contribution is 2.17. The largest absolute Gasteiger partial charge is 0.496 e. The Morgan fingerprint density at radius 3 is 2.31 bits per heavy atom. The van der Waals surface area contributed by atoms with E-state index < -0.39 is 5.91 Å². The zero-order valence-corrected chi connectivity index (χ0v) is 20.1. The number of carbonyl (C=O) groups is 1. The van der Waals surface area contributed by atoms with Gasteiger partial charge in [0, 0.05) is 5.56 Å². The maximum absolute atomic E-state index is 13.5. The summed E-state index contributed by atoms with van der Waals surface area (Å²) in [6.07, 6.45) is 1.72. The Balaban J connectivity index is 1.92. The molecule has 4 rings (SSSR count). The number of amides is 1. The SMILES string of the molecule is COc1ccccc1/C=c1/s/c(=C(/C#N)C(=O)NC(C)c2ccccc2)n(-c2ccccc2)c1=O. The lowest BCUT2D eigenvalue weighted by Gasteiger charge is -2.13. The number of thiazole rings is 1. The summed E-state index contributed by atoms with van der Waals surface area (Å²) in [5.74, 6) is 0.0747. The predicted molar refractivity (Wildman–Crippen MR) is 138 cm³/mol. The van der Waals surface area contributed by atoms with Crippen LogP contribution in [0.4, 0.5) is 0 Å². The second-order valence-corrected chi connectivity index (χ2v) is 8.76. The van der Waals surface area contributed by atoms with Crippen molar-refractivity contribution in [1.29, 1.82) is 5.26 Å². The monoisotopic (exact) mass is 481 g/mol. The Morgan fingerprint density at radius 2 is 1.66 bits per heavy atom. The third-order valence-electron chi connectivity index (χ3n) is 5.46. The summed E-state index contributed by atoms with van der Waals surface area (Å²) >= 11 is 1.10. The van der Waals surface area contributed by atoms with Crippen LogP contribution in [0.15, 0.2) is 89.7 Å². The number of nitrogens with one attached hydrogen (secondary N) is 1. The number of para-hydroxylation sites is 2. The van der Waals surface area contributed by atoms with Crippen LogP contribution in [-0.4, -0.2) is 17.6 Å². The van der Waals surface area contributed by atoms with Crippen molar-refractivity contribution < 1.29 is 9.53 Å². The molecule has 0 saturated heterocycles. The van der Waals surface area contributed by atoms with E-state index in [0.29, 0.717) is 16.0 Å². The molecule has 6 nitrogen and oxygen atoms in total. The first kappa shape index (κ1) is 23.7. The van der Waals surface area contributed by atoms with E-state index in [9.17, 15) is 14.9 Å². The number of aromatic nitrogens is 1. The number of methoxy groups -OCH3 is 1.